The van der Waals surface area contributed by atoms with Crippen molar-refractivity contribution in [1.29, 1.82) is 0 Å². The molecule has 4 nitrogen and oxygen atoms in total. The van der Waals surface area contributed by atoms with Crippen LogP contribution >= 0.6 is 0 Å². The molecule has 112 valence electrons. The van der Waals surface area contributed by atoms with E-state index < -0.39 is 12.1 Å². The van der Waals surface area contributed by atoms with Gasteiger partial charge in [-0.15, -0.1) is 0 Å². The van der Waals surface area contributed by atoms with Crippen molar-refractivity contribution in [2.45, 2.75) is 83.5 Å². The third-order valence-electron chi connectivity index (χ3n) is 3.68. The van der Waals surface area contributed by atoms with Gasteiger partial charge >= 0.3 is 5.97 Å². The van der Waals surface area contributed by atoms with E-state index in [0.717, 1.165) is 32.1 Å². The summed E-state index contributed by atoms with van der Waals surface area (Å²) in [7, 11) is 0. The lowest BCUT2D eigenvalue weighted by Crippen LogP contribution is -2.46. The minimum atomic E-state index is -0.910. The van der Waals surface area contributed by atoms with Gasteiger partial charge in [-0.25, -0.2) is 4.79 Å². The van der Waals surface area contributed by atoms with Crippen LogP contribution in [0, 0.1) is 0 Å². The molecule has 0 saturated carbocycles. The Hall–Kier alpha value is -0.610. The molecule has 1 heterocycles. The predicted octanol–water partition coefficient (Wildman–Crippen LogP) is 3.38. The highest BCUT2D eigenvalue weighted by molar-refractivity contribution is 5.72. The summed E-state index contributed by atoms with van der Waals surface area (Å²) in [5.74, 6) is -0.910. The van der Waals surface area contributed by atoms with Crippen molar-refractivity contribution >= 4 is 5.97 Å². The first-order valence-corrected chi connectivity index (χ1v) is 7.68. The van der Waals surface area contributed by atoms with Crippen molar-refractivity contribution in [1.82, 2.24) is 0 Å². The van der Waals surface area contributed by atoms with Gasteiger partial charge in [0, 0.05) is 0 Å². The lowest BCUT2D eigenvalue weighted by Gasteiger charge is -2.35. The van der Waals surface area contributed by atoms with E-state index in [-0.39, 0.29) is 18.8 Å². The van der Waals surface area contributed by atoms with E-state index in [9.17, 15) is 4.79 Å². The van der Waals surface area contributed by atoms with Crippen LogP contribution in [0.4, 0.5) is 0 Å². The standard InChI is InChI=1S/C15H28O4/c1-3-5-7-9-12-13(10-8-6-4-2)19-14(11-18-12)15(16)17/h12-14H,3-11H2,1-2H3,(H,16,17). The van der Waals surface area contributed by atoms with Gasteiger partial charge in [0.15, 0.2) is 6.10 Å². The monoisotopic (exact) mass is 272 g/mol. The van der Waals surface area contributed by atoms with Crippen LogP contribution in [-0.4, -0.2) is 36.0 Å². The summed E-state index contributed by atoms with van der Waals surface area (Å²) in [5.41, 5.74) is 0. The molecule has 0 amide bonds. The number of aliphatic carboxylic acids is 1. The first kappa shape index (κ1) is 16.4. The summed E-state index contributed by atoms with van der Waals surface area (Å²) in [4.78, 5) is 11.0. The average molecular weight is 272 g/mol. The first-order chi connectivity index (χ1) is 9.19. The summed E-state index contributed by atoms with van der Waals surface area (Å²) in [6, 6.07) is 0. The van der Waals surface area contributed by atoms with E-state index in [4.69, 9.17) is 14.6 Å². The number of carboxylic acids is 1. The second kappa shape index (κ2) is 9.32. The van der Waals surface area contributed by atoms with Gasteiger partial charge in [0.2, 0.25) is 0 Å². The maximum Gasteiger partial charge on any atom is 0.335 e. The number of unbranched alkanes of at least 4 members (excludes halogenated alkanes) is 4. The van der Waals surface area contributed by atoms with Crippen LogP contribution in [0.3, 0.4) is 0 Å². The lowest BCUT2D eigenvalue weighted by molar-refractivity contribution is -0.201. The Kier molecular flexibility index (Phi) is 8.07. The molecule has 0 spiro atoms. The first-order valence-electron chi connectivity index (χ1n) is 7.68. The molecular weight excluding hydrogens is 244 g/mol. The molecule has 0 aromatic carbocycles. The Balaban J connectivity index is 2.44. The highest BCUT2D eigenvalue weighted by Gasteiger charge is 2.34. The maximum atomic E-state index is 11.0. The van der Waals surface area contributed by atoms with Gasteiger partial charge in [-0.1, -0.05) is 52.4 Å². The maximum absolute atomic E-state index is 11.0. The average Bonchev–Trinajstić information content (AvgIpc) is 2.40. The number of hydrogen-bond donors (Lipinski definition) is 1. The summed E-state index contributed by atoms with van der Waals surface area (Å²) in [6.45, 7) is 4.53. The van der Waals surface area contributed by atoms with Gasteiger partial charge in [-0.3, -0.25) is 0 Å². The number of hydrogen-bond acceptors (Lipinski definition) is 3. The van der Waals surface area contributed by atoms with E-state index in [1.54, 1.807) is 0 Å². The molecule has 3 unspecified atom stereocenters. The minimum absolute atomic E-state index is 0.0433. The zero-order chi connectivity index (χ0) is 14.1. The van der Waals surface area contributed by atoms with Crippen LogP contribution in [0.25, 0.3) is 0 Å². The molecular formula is C15H28O4. The van der Waals surface area contributed by atoms with Crippen molar-refractivity contribution in [3.8, 4) is 0 Å². The molecule has 0 aromatic rings. The molecule has 1 rings (SSSR count). The smallest absolute Gasteiger partial charge is 0.335 e. The quantitative estimate of drug-likeness (QED) is 0.654. The number of ether oxygens (including phenoxy) is 2. The van der Waals surface area contributed by atoms with Crippen molar-refractivity contribution in [3.05, 3.63) is 0 Å². The van der Waals surface area contributed by atoms with Crippen LogP contribution in [0.15, 0.2) is 0 Å². The number of carbonyl (C=O) groups is 1. The second-order valence-electron chi connectivity index (χ2n) is 5.36. The summed E-state index contributed by atoms with van der Waals surface area (Å²) in [6.07, 6.45) is 8.08. The molecule has 19 heavy (non-hydrogen) atoms. The van der Waals surface area contributed by atoms with Crippen LogP contribution < -0.4 is 0 Å². The van der Waals surface area contributed by atoms with E-state index >= 15 is 0 Å². The Morgan fingerprint density at radius 1 is 1.05 bits per heavy atom. The fourth-order valence-corrected chi connectivity index (χ4v) is 2.50. The van der Waals surface area contributed by atoms with E-state index in [1.165, 1.54) is 19.3 Å². The third-order valence-corrected chi connectivity index (χ3v) is 3.68. The van der Waals surface area contributed by atoms with Crippen molar-refractivity contribution in [2.24, 2.45) is 0 Å². The molecule has 1 aliphatic rings. The lowest BCUT2D eigenvalue weighted by atomic mass is 9.99. The highest BCUT2D eigenvalue weighted by atomic mass is 16.6. The molecule has 1 N–H and O–H groups in total. The topological polar surface area (TPSA) is 55.8 Å². The summed E-state index contributed by atoms with van der Waals surface area (Å²) in [5, 5.41) is 9.02. The van der Waals surface area contributed by atoms with Crippen molar-refractivity contribution < 1.29 is 19.4 Å². The number of rotatable bonds is 9. The predicted molar refractivity (Wildman–Crippen MR) is 74.3 cm³/mol. The second-order valence-corrected chi connectivity index (χ2v) is 5.36. The summed E-state index contributed by atoms with van der Waals surface area (Å²) >= 11 is 0. The zero-order valence-corrected chi connectivity index (χ0v) is 12.3. The highest BCUT2D eigenvalue weighted by Crippen LogP contribution is 2.24. The molecule has 0 aromatic heterocycles. The van der Waals surface area contributed by atoms with Gasteiger partial charge in [0.05, 0.1) is 18.8 Å². The molecule has 3 atom stereocenters. The van der Waals surface area contributed by atoms with Crippen LogP contribution in [-0.2, 0) is 14.3 Å². The fraction of sp³-hybridized carbons (Fsp3) is 0.933. The zero-order valence-electron chi connectivity index (χ0n) is 12.3. The summed E-state index contributed by atoms with van der Waals surface area (Å²) < 4.78 is 11.4. The van der Waals surface area contributed by atoms with Gasteiger partial charge in [-0.2, -0.15) is 0 Å². The fourth-order valence-electron chi connectivity index (χ4n) is 2.50. The molecule has 0 aliphatic carbocycles. The van der Waals surface area contributed by atoms with E-state index in [0.29, 0.717) is 0 Å². The Morgan fingerprint density at radius 3 is 2.16 bits per heavy atom. The Labute approximate surface area is 116 Å². The van der Waals surface area contributed by atoms with Crippen LogP contribution in [0.5, 0.6) is 0 Å². The molecule has 1 fully saturated rings. The van der Waals surface area contributed by atoms with Crippen molar-refractivity contribution in [3.63, 3.8) is 0 Å². The van der Waals surface area contributed by atoms with E-state index in [1.807, 2.05) is 0 Å². The SMILES string of the molecule is CCCCCC1OCC(C(=O)O)OC1CCCCC. The molecule has 1 aliphatic heterocycles. The van der Waals surface area contributed by atoms with Gasteiger partial charge in [0.25, 0.3) is 0 Å². The van der Waals surface area contributed by atoms with Gasteiger partial charge in [0.1, 0.15) is 0 Å². The normalized spacial score (nSPS) is 27.4. The van der Waals surface area contributed by atoms with Gasteiger partial charge in [-0.05, 0) is 12.8 Å². The molecule has 0 bridgehead atoms. The van der Waals surface area contributed by atoms with Crippen LogP contribution in [0.2, 0.25) is 0 Å². The molecule has 4 heteroatoms. The van der Waals surface area contributed by atoms with Crippen molar-refractivity contribution in [2.75, 3.05) is 6.61 Å². The minimum Gasteiger partial charge on any atom is -0.479 e. The Morgan fingerprint density at radius 2 is 1.63 bits per heavy atom. The Bertz CT molecular complexity index is 255. The molecule has 0 radical (unpaired) electrons. The third kappa shape index (κ3) is 5.91. The van der Waals surface area contributed by atoms with E-state index in [2.05, 4.69) is 13.8 Å². The largest absolute Gasteiger partial charge is 0.479 e. The van der Waals surface area contributed by atoms with Gasteiger partial charge < -0.3 is 14.6 Å². The number of carboxylic acid groups (broad SMARTS) is 1. The molecule has 1 saturated heterocycles. The van der Waals surface area contributed by atoms with Crippen LogP contribution in [0.1, 0.15) is 65.2 Å².